The van der Waals surface area contributed by atoms with E-state index >= 15 is 0 Å². The van der Waals surface area contributed by atoms with Gasteiger partial charge in [-0.25, -0.2) is 0 Å². The molecule has 0 amide bonds. The van der Waals surface area contributed by atoms with Gasteiger partial charge in [-0.1, -0.05) is 18.2 Å². The fraction of sp³-hybridized carbons (Fsp3) is 0.467. The molecule has 1 aromatic heterocycles. The van der Waals surface area contributed by atoms with Crippen LogP contribution in [0.25, 0.3) is 10.9 Å². The Balaban J connectivity index is 2.10. The monoisotopic (exact) mass is 245 g/mol. The molecule has 0 bridgehead atoms. The van der Waals surface area contributed by atoms with Crippen molar-refractivity contribution in [3.8, 4) is 0 Å². The molecule has 3 nitrogen and oxygen atoms in total. The van der Waals surface area contributed by atoms with E-state index in [9.17, 15) is 0 Å². The van der Waals surface area contributed by atoms with Crippen molar-refractivity contribution in [2.75, 3.05) is 32.1 Å². The van der Waals surface area contributed by atoms with E-state index in [2.05, 4.69) is 59.3 Å². The second-order valence-electron chi connectivity index (χ2n) is 4.87. The Morgan fingerprint density at radius 1 is 1.22 bits per heavy atom. The van der Waals surface area contributed by atoms with Crippen molar-refractivity contribution in [3.63, 3.8) is 0 Å². The lowest BCUT2D eigenvalue weighted by Crippen LogP contribution is -2.19. The number of aromatic nitrogens is 1. The highest BCUT2D eigenvalue weighted by atomic mass is 15.1. The lowest BCUT2D eigenvalue weighted by Gasteiger charge is -2.18. The summed E-state index contributed by atoms with van der Waals surface area (Å²) in [6.45, 7) is 2.21. The van der Waals surface area contributed by atoms with Gasteiger partial charge in [0, 0.05) is 37.7 Å². The van der Waals surface area contributed by atoms with E-state index in [0.29, 0.717) is 0 Å². The molecule has 18 heavy (non-hydrogen) atoms. The van der Waals surface area contributed by atoms with Gasteiger partial charge in [0.25, 0.3) is 0 Å². The Labute approximate surface area is 109 Å². The molecule has 1 aromatic carbocycles. The first-order chi connectivity index (χ1) is 8.74. The number of rotatable bonds is 6. The van der Waals surface area contributed by atoms with Crippen molar-refractivity contribution in [2.45, 2.75) is 12.8 Å². The average molecular weight is 245 g/mol. The maximum Gasteiger partial charge on any atom is 0.0623 e. The van der Waals surface area contributed by atoms with Crippen LogP contribution in [0.4, 0.5) is 5.69 Å². The largest absolute Gasteiger partial charge is 0.373 e. The van der Waals surface area contributed by atoms with E-state index in [1.165, 1.54) is 29.4 Å². The highest BCUT2D eigenvalue weighted by Gasteiger charge is 2.09. The van der Waals surface area contributed by atoms with Crippen LogP contribution in [-0.4, -0.2) is 31.8 Å². The maximum atomic E-state index is 3.19. The van der Waals surface area contributed by atoms with E-state index < -0.39 is 0 Å². The fourth-order valence-corrected chi connectivity index (χ4v) is 2.40. The Morgan fingerprint density at radius 2 is 2.00 bits per heavy atom. The molecule has 0 saturated heterocycles. The average Bonchev–Trinajstić information content (AvgIpc) is 2.73. The second kappa shape index (κ2) is 5.91. The summed E-state index contributed by atoms with van der Waals surface area (Å²) in [5.74, 6) is 0. The maximum absolute atomic E-state index is 3.19. The van der Waals surface area contributed by atoms with Crippen LogP contribution in [0.5, 0.6) is 0 Å². The topological polar surface area (TPSA) is 20.2 Å². The van der Waals surface area contributed by atoms with Crippen LogP contribution < -0.4 is 10.2 Å². The lowest BCUT2D eigenvalue weighted by atomic mass is 10.2. The van der Waals surface area contributed by atoms with Crippen LogP contribution in [-0.2, 0) is 7.05 Å². The summed E-state index contributed by atoms with van der Waals surface area (Å²) in [4.78, 5) is 2.36. The van der Waals surface area contributed by atoms with Gasteiger partial charge >= 0.3 is 0 Å². The molecule has 0 unspecified atom stereocenters. The smallest absolute Gasteiger partial charge is 0.0623 e. The molecule has 1 N–H and O–H groups in total. The predicted molar refractivity (Wildman–Crippen MR) is 79.3 cm³/mol. The summed E-state index contributed by atoms with van der Waals surface area (Å²) in [7, 11) is 6.30. The molecule has 98 valence electrons. The molecule has 0 spiro atoms. The minimum Gasteiger partial charge on any atom is -0.373 e. The first kappa shape index (κ1) is 13.0. The number of para-hydroxylation sites is 1. The Hall–Kier alpha value is -1.48. The van der Waals surface area contributed by atoms with Crippen molar-refractivity contribution < 1.29 is 0 Å². The van der Waals surface area contributed by atoms with Gasteiger partial charge in [0.05, 0.1) is 5.69 Å². The summed E-state index contributed by atoms with van der Waals surface area (Å²) < 4.78 is 2.20. The number of aryl methyl sites for hydroxylation is 1. The summed E-state index contributed by atoms with van der Waals surface area (Å²) in [5.41, 5.74) is 2.63. The van der Waals surface area contributed by atoms with Gasteiger partial charge in [0.1, 0.15) is 0 Å². The first-order valence-corrected chi connectivity index (χ1v) is 6.64. The van der Waals surface area contributed by atoms with E-state index in [1.54, 1.807) is 0 Å². The summed E-state index contributed by atoms with van der Waals surface area (Å²) in [6, 6.07) is 8.59. The Bertz CT molecular complexity index is 501. The number of fused-ring (bicyclic) bond motifs is 1. The molecule has 3 heteroatoms. The van der Waals surface area contributed by atoms with Crippen LogP contribution in [0.15, 0.2) is 30.5 Å². The number of hydrogen-bond donors (Lipinski definition) is 1. The summed E-state index contributed by atoms with van der Waals surface area (Å²) >= 11 is 0. The Kier molecular flexibility index (Phi) is 4.26. The summed E-state index contributed by atoms with van der Waals surface area (Å²) in [6.07, 6.45) is 4.68. The van der Waals surface area contributed by atoms with E-state index in [0.717, 1.165) is 13.1 Å². The van der Waals surface area contributed by atoms with Gasteiger partial charge in [-0.3, -0.25) is 0 Å². The van der Waals surface area contributed by atoms with Gasteiger partial charge in [-0.05, 0) is 32.5 Å². The molecule has 0 atom stereocenters. The quantitative estimate of drug-likeness (QED) is 0.789. The number of nitrogens with one attached hydrogen (secondary N) is 1. The van der Waals surface area contributed by atoms with E-state index in [-0.39, 0.29) is 0 Å². The van der Waals surface area contributed by atoms with E-state index in [1.807, 2.05) is 7.05 Å². The number of anilines is 1. The third-order valence-electron chi connectivity index (χ3n) is 3.46. The van der Waals surface area contributed by atoms with Crippen molar-refractivity contribution in [1.82, 2.24) is 9.88 Å². The van der Waals surface area contributed by atoms with Crippen molar-refractivity contribution in [1.29, 1.82) is 0 Å². The molecule has 0 radical (unpaired) electrons. The van der Waals surface area contributed by atoms with Gasteiger partial charge in [0.2, 0.25) is 0 Å². The van der Waals surface area contributed by atoms with Crippen LogP contribution >= 0.6 is 0 Å². The van der Waals surface area contributed by atoms with Crippen molar-refractivity contribution in [3.05, 3.63) is 30.5 Å². The van der Waals surface area contributed by atoms with Crippen LogP contribution in [0.3, 0.4) is 0 Å². The molecular weight excluding hydrogens is 222 g/mol. The minimum atomic E-state index is 1.10. The predicted octanol–water partition coefficient (Wildman–Crippen LogP) is 2.61. The third kappa shape index (κ3) is 2.67. The fourth-order valence-electron chi connectivity index (χ4n) is 2.40. The Morgan fingerprint density at radius 3 is 2.78 bits per heavy atom. The zero-order valence-electron chi connectivity index (χ0n) is 11.6. The van der Waals surface area contributed by atoms with Gasteiger partial charge in [0.15, 0.2) is 0 Å². The second-order valence-corrected chi connectivity index (χ2v) is 4.87. The number of hydrogen-bond acceptors (Lipinski definition) is 2. The molecular formula is C15H23N3. The molecule has 2 aromatic rings. The van der Waals surface area contributed by atoms with Crippen LogP contribution in [0.1, 0.15) is 12.8 Å². The standard InChI is InChI=1S/C15H23N3/c1-16-10-6-7-11-17(2)15-12-18(3)14-9-5-4-8-13(14)15/h4-5,8-9,12,16H,6-7,10-11H2,1-3H3. The number of unbranched alkanes of at least 4 members (excludes halogenated alkanes) is 1. The SMILES string of the molecule is CNCCCCN(C)c1cn(C)c2ccccc12. The zero-order chi connectivity index (χ0) is 13.0. The number of nitrogens with zero attached hydrogens (tertiary/aromatic N) is 2. The van der Waals surface area contributed by atoms with Crippen molar-refractivity contribution >= 4 is 16.6 Å². The minimum absolute atomic E-state index is 1.10. The normalized spacial score (nSPS) is 11.1. The molecule has 0 fully saturated rings. The van der Waals surface area contributed by atoms with Crippen LogP contribution in [0, 0.1) is 0 Å². The number of benzene rings is 1. The highest BCUT2D eigenvalue weighted by Crippen LogP contribution is 2.27. The molecule has 0 saturated carbocycles. The van der Waals surface area contributed by atoms with Crippen molar-refractivity contribution in [2.24, 2.45) is 7.05 Å². The molecule has 1 heterocycles. The van der Waals surface area contributed by atoms with Crippen LogP contribution in [0.2, 0.25) is 0 Å². The first-order valence-electron chi connectivity index (χ1n) is 6.64. The molecule has 0 aliphatic rings. The summed E-state index contributed by atoms with van der Waals surface area (Å²) in [5, 5.41) is 4.54. The van der Waals surface area contributed by atoms with E-state index in [4.69, 9.17) is 0 Å². The van der Waals surface area contributed by atoms with Gasteiger partial charge in [-0.15, -0.1) is 0 Å². The zero-order valence-corrected chi connectivity index (χ0v) is 11.6. The van der Waals surface area contributed by atoms with Gasteiger partial charge in [-0.2, -0.15) is 0 Å². The van der Waals surface area contributed by atoms with Gasteiger partial charge < -0.3 is 14.8 Å². The molecule has 0 aliphatic carbocycles. The third-order valence-corrected chi connectivity index (χ3v) is 3.46. The molecule has 0 aliphatic heterocycles. The highest BCUT2D eigenvalue weighted by molar-refractivity contribution is 5.93. The molecule has 2 rings (SSSR count). The lowest BCUT2D eigenvalue weighted by molar-refractivity contribution is 0.671.